The van der Waals surface area contributed by atoms with Crippen molar-refractivity contribution >= 4 is 5.97 Å². The molecule has 3 nitrogen and oxygen atoms in total. The Hall–Kier alpha value is -1.65. The number of hydrogen-bond donors (Lipinski definition) is 1. The van der Waals surface area contributed by atoms with Crippen molar-refractivity contribution in [2.24, 2.45) is 0 Å². The molecule has 1 aromatic carbocycles. The van der Waals surface area contributed by atoms with Crippen molar-refractivity contribution in [1.29, 1.82) is 0 Å². The van der Waals surface area contributed by atoms with Crippen LogP contribution in [-0.4, -0.2) is 18.2 Å². The molecule has 0 heterocycles. The standard InChI is InChI=1S/C8H6F2O3/c1-13-5-3-2-4(9)7(10)6(5)8(11)12/h2-3H,1H3,(H,11,12). The average Bonchev–Trinajstić information content (AvgIpc) is 2.08. The third-order valence-corrected chi connectivity index (χ3v) is 1.49. The maximum Gasteiger partial charge on any atom is 0.342 e. The van der Waals surface area contributed by atoms with Gasteiger partial charge in [-0.1, -0.05) is 0 Å². The number of hydrogen-bond acceptors (Lipinski definition) is 2. The Bertz CT molecular complexity index is 349. The lowest BCUT2D eigenvalue weighted by Crippen LogP contribution is -2.05. The number of ether oxygens (including phenoxy) is 1. The Balaban J connectivity index is 3.41. The maximum absolute atomic E-state index is 12.9. The summed E-state index contributed by atoms with van der Waals surface area (Å²) in [6.07, 6.45) is 0. The van der Waals surface area contributed by atoms with Gasteiger partial charge in [0.05, 0.1) is 7.11 Å². The number of halogens is 2. The molecule has 0 saturated heterocycles. The van der Waals surface area contributed by atoms with Crippen LogP contribution >= 0.6 is 0 Å². The number of aromatic carboxylic acids is 1. The molecular weight excluding hydrogens is 182 g/mol. The predicted molar refractivity (Wildman–Crippen MR) is 39.9 cm³/mol. The van der Waals surface area contributed by atoms with E-state index < -0.39 is 23.2 Å². The predicted octanol–water partition coefficient (Wildman–Crippen LogP) is 1.67. The summed E-state index contributed by atoms with van der Waals surface area (Å²) < 4.78 is 30.0. The second kappa shape index (κ2) is 3.38. The SMILES string of the molecule is COc1ccc(F)c(F)c1C(=O)O. The quantitative estimate of drug-likeness (QED) is 0.767. The highest BCUT2D eigenvalue weighted by Gasteiger charge is 2.19. The molecule has 1 rings (SSSR count). The van der Waals surface area contributed by atoms with Crippen LogP contribution in [0, 0.1) is 11.6 Å². The Morgan fingerprint density at radius 1 is 1.46 bits per heavy atom. The van der Waals surface area contributed by atoms with Crippen LogP contribution in [0.25, 0.3) is 0 Å². The van der Waals surface area contributed by atoms with Crippen LogP contribution in [0.4, 0.5) is 8.78 Å². The Kier molecular flexibility index (Phi) is 2.46. The molecule has 0 aliphatic rings. The van der Waals surface area contributed by atoms with Gasteiger partial charge in [-0.2, -0.15) is 0 Å². The summed E-state index contributed by atoms with van der Waals surface area (Å²) in [4.78, 5) is 10.5. The van der Waals surface area contributed by atoms with Gasteiger partial charge in [0, 0.05) is 0 Å². The van der Waals surface area contributed by atoms with Crippen molar-refractivity contribution in [3.8, 4) is 5.75 Å². The van der Waals surface area contributed by atoms with E-state index in [4.69, 9.17) is 5.11 Å². The van der Waals surface area contributed by atoms with Crippen LogP contribution in [0.1, 0.15) is 10.4 Å². The highest BCUT2D eigenvalue weighted by Crippen LogP contribution is 2.23. The minimum atomic E-state index is -1.56. The summed E-state index contributed by atoms with van der Waals surface area (Å²) in [7, 11) is 1.18. The van der Waals surface area contributed by atoms with E-state index in [0.717, 1.165) is 12.1 Å². The smallest absolute Gasteiger partial charge is 0.342 e. The number of benzene rings is 1. The van der Waals surface area contributed by atoms with Gasteiger partial charge in [-0.25, -0.2) is 13.6 Å². The molecule has 0 atom stereocenters. The molecule has 0 unspecified atom stereocenters. The summed E-state index contributed by atoms with van der Waals surface area (Å²) in [5.41, 5.74) is -0.789. The van der Waals surface area contributed by atoms with Crippen LogP contribution in [-0.2, 0) is 0 Å². The summed E-state index contributed by atoms with van der Waals surface area (Å²) in [6, 6.07) is 1.86. The molecule has 0 spiro atoms. The molecule has 0 amide bonds. The van der Waals surface area contributed by atoms with E-state index >= 15 is 0 Å². The van der Waals surface area contributed by atoms with Crippen LogP contribution in [0.2, 0.25) is 0 Å². The van der Waals surface area contributed by atoms with E-state index in [1.54, 1.807) is 0 Å². The first-order valence-corrected chi connectivity index (χ1v) is 3.33. The molecule has 13 heavy (non-hydrogen) atoms. The zero-order valence-corrected chi connectivity index (χ0v) is 6.67. The molecule has 0 aromatic heterocycles. The first-order chi connectivity index (χ1) is 6.07. The molecule has 70 valence electrons. The largest absolute Gasteiger partial charge is 0.496 e. The topological polar surface area (TPSA) is 46.5 Å². The fourth-order valence-corrected chi connectivity index (χ4v) is 0.902. The number of carboxylic acid groups (broad SMARTS) is 1. The van der Waals surface area contributed by atoms with Crippen molar-refractivity contribution in [1.82, 2.24) is 0 Å². The molecule has 0 bridgehead atoms. The van der Waals surface area contributed by atoms with Gasteiger partial charge in [0.25, 0.3) is 0 Å². The highest BCUT2D eigenvalue weighted by molar-refractivity contribution is 5.91. The monoisotopic (exact) mass is 188 g/mol. The van der Waals surface area contributed by atoms with Gasteiger partial charge in [0.2, 0.25) is 0 Å². The third kappa shape index (κ3) is 1.58. The zero-order valence-electron chi connectivity index (χ0n) is 6.67. The van der Waals surface area contributed by atoms with Gasteiger partial charge < -0.3 is 9.84 Å². The average molecular weight is 188 g/mol. The molecule has 0 fully saturated rings. The molecule has 0 aliphatic carbocycles. The molecule has 0 saturated carbocycles. The van der Waals surface area contributed by atoms with E-state index in [2.05, 4.69) is 4.74 Å². The number of carboxylic acids is 1. The Labute approximate surface area is 72.6 Å². The van der Waals surface area contributed by atoms with Gasteiger partial charge in [-0.3, -0.25) is 0 Å². The minimum Gasteiger partial charge on any atom is -0.496 e. The van der Waals surface area contributed by atoms with Crippen LogP contribution in [0.15, 0.2) is 12.1 Å². The number of rotatable bonds is 2. The molecule has 5 heteroatoms. The van der Waals surface area contributed by atoms with Gasteiger partial charge in [0.15, 0.2) is 11.6 Å². The molecular formula is C8H6F2O3. The third-order valence-electron chi connectivity index (χ3n) is 1.49. The summed E-state index contributed by atoms with van der Waals surface area (Å²) >= 11 is 0. The molecule has 0 radical (unpaired) electrons. The zero-order chi connectivity index (χ0) is 10.0. The fourth-order valence-electron chi connectivity index (χ4n) is 0.902. The van der Waals surface area contributed by atoms with Crippen molar-refractivity contribution in [3.05, 3.63) is 29.3 Å². The summed E-state index contributed by atoms with van der Waals surface area (Å²) in [5.74, 6) is -4.38. The van der Waals surface area contributed by atoms with E-state index in [1.807, 2.05) is 0 Å². The Morgan fingerprint density at radius 3 is 2.54 bits per heavy atom. The number of methoxy groups -OCH3 is 1. The first-order valence-electron chi connectivity index (χ1n) is 3.33. The molecule has 0 aliphatic heterocycles. The minimum absolute atomic E-state index is 0.202. The maximum atomic E-state index is 12.9. The lowest BCUT2D eigenvalue weighted by molar-refractivity contribution is 0.0686. The second-order valence-electron chi connectivity index (χ2n) is 2.24. The van der Waals surface area contributed by atoms with Gasteiger partial charge in [0.1, 0.15) is 11.3 Å². The van der Waals surface area contributed by atoms with Crippen LogP contribution < -0.4 is 4.74 Å². The number of carbonyl (C=O) groups is 1. The van der Waals surface area contributed by atoms with Gasteiger partial charge >= 0.3 is 5.97 Å². The van der Waals surface area contributed by atoms with Crippen molar-refractivity contribution < 1.29 is 23.4 Å². The lowest BCUT2D eigenvalue weighted by Gasteiger charge is -2.05. The van der Waals surface area contributed by atoms with Gasteiger partial charge in [-0.15, -0.1) is 0 Å². The first kappa shape index (κ1) is 9.44. The van der Waals surface area contributed by atoms with Crippen LogP contribution in [0.5, 0.6) is 5.75 Å². The van der Waals surface area contributed by atoms with Crippen molar-refractivity contribution in [3.63, 3.8) is 0 Å². The van der Waals surface area contributed by atoms with E-state index in [0.29, 0.717) is 0 Å². The lowest BCUT2D eigenvalue weighted by atomic mass is 10.2. The van der Waals surface area contributed by atoms with E-state index in [1.165, 1.54) is 7.11 Å². The Morgan fingerprint density at radius 2 is 2.08 bits per heavy atom. The molecule has 1 N–H and O–H groups in total. The fraction of sp³-hybridized carbons (Fsp3) is 0.125. The normalized spacial score (nSPS) is 9.77. The highest BCUT2D eigenvalue weighted by atomic mass is 19.2. The van der Waals surface area contributed by atoms with E-state index in [9.17, 15) is 13.6 Å². The van der Waals surface area contributed by atoms with Gasteiger partial charge in [-0.05, 0) is 12.1 Å². The van der Waals surface area contributed by atoms with Crippen molar-refractivity contribution in [2.75, 3.05) is 7.11 Å². The van der Waals surface area contributed by atoms with Crippen LogP contribution in [0.3, 0.4) is 0 Å². The summed E-state index contributed by atoms with van der Waals surface area (Å²) in [5, 5.41) is 8.52. The van der Waals surface area contributed by atoms with E-state index in [-0.39, 0.29) is 5.75 Å². The van der Waals surface area contributed by atoms with Crippen molar-refractivity contribution in [2.45, 2.75) is 0 Å². The second-order valence-corrected chi connectivity index (χ2v) is 2.24. The summed E-state index contributed by atoms with van der Waals surface area (Å²) in [6.45, 7) is 0. The molecule has 1 aromatic rings.